The van der Waals surface area contributed by atoms with Crippen LogP contribution in [0, 0.1) is 5.92 Å². The van der Waals surface area contributed by atoms with Gasteiger partial charge >= 0.3 is 6.03 Å². The Bertz CT molecular complexity index is 801. The molecular weight excluding hydrogens is 352 g/mol. The van der Waals surface area contributed by atoms with E-state index in [9.17, 15) is 9.59 Å². The normalized spacial score (nSPS) is 15.7. The predicted octanol–water partition coefficient (Wildman–Crippen LogP) is 3.03. The summed E-state index contributed by atoms with van der Waals surface area (Å²) >= 11 is 0. The largest absolute Gasteiger partial charge is 0.341 e. The molecule has 1 fully saturated rings. The highest BCUT2D eigenvalue weighted by molar-refractivity contribution is 5.96. The smallest absolute Gasteiger partial charge is 0.318 e. The summed E-state index contributed by atoms with van der Waals surface area (Å²) in [6.45, 7) is 2.07. The first-order chi connectivity index (χ1) is 13.6. The van der Waals surface area contributed by atoms with Crippen molar-refractivity contribution in [2.24, 2.45) is 11.7 Å². The number of hydrogen-bond donors (Lipinski definition) is 3. The van der Waals surface area contributed by atoms with Gasteiger partial charge in [0, 0.05) is 31.4 Å². The molecule has 1 unspecified atom stereocenters. The second kappa shape index (κ2) is 9.37. The van der Waals surface area contributed by atoms with Crippen LogP contribution in [0.1, 0.15) is 34.7 Å². The number of urea groups is 1. The number of amides is 3. The van der Waals surface area contributed by atoms with E-state index in [0.717, 1.165) is 25.9 Å². The molecule has 0 radical (unpaired) electrons. The number of carbonyl (C=O) groups excluding carboxylic acids is 2. The van der Waals surface area contributed by atoms with Crippen molar-refractivity contribution >= 4 is 17.6 Å². The average Bonchev–Trinajstić information content (AvgIpc) is 2.75. The molecule has 1 saturated heterocycles. The summed E-state index contributed by atoms with van der Waals surface area (Å²) < 4.78 is 0. The lowest BCUT2D eigenvalue weighted by Crippen LogP contribution is -2.40. The van der Waals surface area contributed by atoms with Gasteiger partial charge in [-0.25, -0.2) is 4.79 Å². The standard InChI is InChI=1S/C22H28N4O2/c1-24-22(28)25-19-9-5-8-18(14-19)21(27)26-12-10-17(11-13-26)20(15-23)16-6-3-2-4-7-16/h2-9,14,17,20H,10-13,15,23H2,1H3,(H2,24,25,28). The Morgan fingerprint density at radius 2 is 1.82 bits per heavy atom. The maximum atomic E-state index is 12.9. The number of anilines is 1. The van der Waals surface area contributed by atoms with Crippen LogP contribution in [0.15, 0.2) is 54.6 Å². The SMILES string of the molecule is CNC(=O)Nc1cccc(C(=O)N2CCC(C(CN)c3ccccc3)CC2)c1. The Kier molecular flexibility index (Phi) is 6.66. The lowest BCUT2D eigenvalue weighted by molar-refractivity contribution is 0.0679. The number of nitrogens with zero attached hydrogens (tertiary/aromatic N) is 1. The molecule has 2 aromatic rings. The van der Waals surface area contributed by atoms with E-state index in [1.54, 1.807) is 31.3 Å². The lowest BCUT2D eigenvalue weighted by Gasteiger charge is -2.36. The molecule has 1 heterocycles. The molecule has 1 atom stereocenters. The predicted molar refractivity (Wildman–Crippen MR) is 111 cm³/mol. The number of nitrogens with two attached hydrogens (primary N) is 1. The van der Waals surface area contributed by atoms with Crippen LogP contribution in [-0.4, -0.2) is 43.5 Å². The fourth-order valence-electron chi connectivity index (χ4n) is 3.91. The molecule has 0 spiro atoms. The van der Waals surface area contributed by atoms with Crippen molar-refractivity contribution < 1.29 is 9.59 Å². The van der Waals surface area contributed by atoms with Crippen molar-refractivity contribution in [2.75, 3.05) is 32.0 Å². The molecule has 148 valence electrons. The Morgan fingerprint density at radius 1 is 1.11 bits per heavy atom. The number of hydrogen-bond acceptors (Lipinski definition) is 3. The first-order valence-corrected chi connectivity index (χ1v) is 9.75. The van der Waals surface area contributed by atoms with Crippen LogP contribution in [-0.2, 0) is 0 Å². The summed E-state index contributed by atoms with van der Waals surface area (Å²) in [4.78, 5) is 26.3. The van der Waals surface area contributed by atoms with Crippen molar-refractivity contribution in [3.05, 3.63) is 65.7 Å². The Balaban J connectivity index is 1.62. The summed E-state index contributed by atoms with van der Waals surface area (Å²) in [5.74, 6) is 0.819. The van der Waals surface area contributed by atoms with Crippen LogP contribution < -0.4 is 16.4 Å². The van der Waals surface area contributed by atoms with Crippen LogP contribution in [0.2, 0.25) is 0 Å². The van der Waals surface area contributed by atoms with Gasteiger partial charge in [0.1, 0.15) is 0 Å². The Labute approximate surface area is 166 Å². The second-order valence-corrected chi connectivity index (χ2v) is 7.17. The average molecular weight is 380 g/mol. The van der Waals surface area contributed by atoms with Gasteiger partial charge < -0.3 is 21.3 Å². The third-order valence-corrected chi connectivity index (χ3v) is 5.47. The van der Waals surface area contributed by atoms with E-state index in [4.69, 9.17) is 5.73 Å². The van der Waals surface area contributed by atoms with Crippen molar-refractivity contribution in [1.29, 1.82) is 0 Å². The highest BCUT2D eigenvalue weighted by Crippen LogP contribution is 2.32. The van der Waals surface area contributed by atoms with Gasteiger partial charge in [-0.05, 0) is 55.0 Å². The first-order valence-electron chi connectivity index (χ1n) is 9.75. The topological polar surface area (TPSA) is 87.5 Å². The summed E-state index contributed by atoms with van der Waals surface area (Å²) in [6, 6.07) is 17.2. The van der Waals surface area contributed by atoms with E-state index in [-0.39, 0.29) is 11.9 Å². The summed E-state index contributed by atoms with van der Waals surface area (Å²) in [5, 5.41) is 5.21. The van der Waals surface area contributed by atoms with Gasteiger partial charge in [-0.15, -0.1) is 0 Å². The van der Waals surface area contributed by atoms with Gasteiger partial charge in [0.25, 0.3) is 5.91 Å². The molecule has 1 aliphatic rings. The number of nitrogens with one attached hydrogen (secondary N) is 2. The molecule has 28 heavy (non-hydrogen) atoms. The summed E-state index contributed by atoms with van der Waals surface area (Å²) in [5.41, 5.74) is 8.54. The van der Waals surface area contributed by atoms with Gasteiger partial charge in [0.2, 0.25) is 0 Å². The number of likely N-dealkylation sites (tertiary alicyclic amines) is 1. The van der Waals surface area contributed by atoms with E-state index >= 15 is 0 Å². The van der Waals surface area contributed by atoms with Gasteiger partial charge in [-0.2, -0.15) is 0 Å². The molecule has 6 nitrogen and oxygen atoms in total. The Morgan fingerprint density at radius 3 is 2.46 bits per heavy atom. The zero-order valence-corrected chi connectivity index (χ0v) is 16.2. The molecule has 3 amide bonds. The Hall–Kier alpha value is -2.86. The molecule has 4 N–H and O–H groups in total. The molecule has 0 aromatic heterocycles. The second-order valence-electron chi connectivity index (χ2n) is 7.17. The molecule has 0 saturated carbocycles. The van der Waals surface area contributed by atoms with E-state index in [0.29, 0.717) is 29.6 Å². The van der Waals surface area contributed by atoms with Gasteiger partial charge in [0.05, 0.1) is 0 Å². The van der Waals surface area contributed by atoms with Crippen molar-refractivity contribution in [2.45, 2.75) is 18.8 Å². The first kappa shape index (κ1) is 19.9. The van der Waals surface area contributed by atoms with Crippen molar-refractivity contribution in [3.8, 4) is 0 Å². The maximum Gasteiger partial charge on any atom is 0.318 e. The zero-order chi connectivity index (χ0) is 19.9. The molecule has 6 heteroatoms. The summed E-state index contributed by atoms with van der Waals surface area (Å²) in [6.07, 6.45) is 1.89. The van der Waals surface area contributed by atoms with E-state index < -0.39 is 0 Å². The molecule has 1 aliphatic heterocycles. The van der Waals surface area contributed by atoms with Crippen molar-refractivity contribution in [1.82, 2.24) is 10.2 Å². The fraction of sp³-hybridized carbons (Fsp3) is 0.364. The zero-order valence-electron chi connectivity index (χ0n) is 16.2. The van der Waals surface area contributed by atoms with Crippen LogP contribution in [0.3, 0.4) is 0 Å². The molecule has 0 aliphatic carbocycles. The fourth-order valence-corrected chi connectivity index (χ4v) is 3.91. The van der Waals surface area contributed by atoms with Gasteiger partial charge in [0.15, 0.2) is 0 Å². The lowest BCUT2D eigenvalue weighted by atomic mass is 9.80. The van der Waals surface area contributed by atoms with E-state index in [1.165, 1.54) is 5.56 Å². The molecule has 2 aromatic carbocycles. The van der Waals surface area contributed by atoms with Crippen LogP contribution in [0.4, 0.5) is 10.5 Å². The monoisotopic (exact) mass is 380 g/mol. The minimum Gasteiger partial charge on any atom is -0.341 e. The third-order valence-electron chi connectivity index (χ3n) is 5.47. The molecular formula is C22H28N4O2. The van der Waals surface area contributed by atoms with Crippen LogP contribution >= 0.6 is 0 Å². The van der Waals surface area contributed by atoms with Gasteiger partial charge in [-0.1, -0.05) is 36.4 Å². The quantitative estimate of drug-likeness (QED) is 0.745. The van der Waals surface area contributed by atoms with Crippen molar-refractivity contribution in [3.63, 3.8) is 0 Å². The van der Waals surface area contributed by atoms with E-state index in [1.807, 2.05) is 11.0 Å². The van der Waals surface area contributed by atoms with Crippen LogP contribution in [0.5, 0.6) is 0 Å². The summed E-state index contributed by atoms with van der Waals surface area (Å²) in [7, 11) is 1.55. The molecule has 0 bridgehead atoms. The minimum absolute atomic E-state index is 0.00279. The highest BCUT2D eigenvalue weighted by Gasteiger charge is 2.29. The van der Waals surface area contributed by atoms with E-state index in [2.05, 4.69) is 34.9 Å². The number of benzene rings is 2. The number of piperidine rings is 1. The van der Waals surface area contributed by atoms with Gasteiger partial charge in [-0.3, -0.25) is 4.79 Å². The third kappa shape index (κ3) is 4.70. The van der Waals surface area contributed by atoms with Crippen LogP contribution in [0.25, 0.3) is 0 Å². The minimum atomic E-state index is -0.306. The highest BCUT2D eigenvalue weighted by atomic mass is 16.2. The number of carbonyl (C=O) groups is 2. The molecule has 3 rings (SSSR count). The maximum absolute atomic E-state index is 12.9. The number of rotatable bonds is 5.